The van der Waals surface area contributed by atoms with Crippen LogP contribution in [-0.4, -0.2) is 31.9 Å². The van der Waals surface area contributed by atoms with Gasteiger partial charge in [0, 0.05) is 19.1 Å². The maximum atomic E-state index is 12.9. The zero-order valence-electron chi connectivity index (χ0n) is 12.7. The van der Waals surface area contributed by atoms with E-state index in [-0.39, 0.29) is 6.04 Å². The molecule has 4 nitrogen and oxygen atoms in total. The van der Waals surface area contributed by atoms with Crippen LogP contribution in [0.25, 0.3) is 0 Å². The van der Waals surface area contributed by atoms with Crippen LogP contribution in [-0.2, 0) is 10.0 Å². The number of aryl methyl sites for hydroxylation is 2. The molecule has 0 bridgehead atoms. The second-order valence-electron chi connectivity index (χ2n) is 5.83. The Hall–Kier alpha value is -0.910. The molecule has 5 heteroatoms. The third-order valence-electron chi connectivity index (χ3n) is 4.39. The molecule has 112 valence electrons. The van der Waals surface area contributed by atoms with Crippen LogP contribution in [0.1, 0.15) is 35.1 Å². The molecule has 1 fully saturated rings. The van der Waals surface area contributed by atoms with E-state index in [0.29, 0.717) is 18.0 Å². The summed E-state index contributed by atoms with van der Waals surface area (Å²) in [5.41, 5.74) is 9.65. The van der Waals surface area contributed by atoms with Crippen molar-refractivity contribution in [1.82, 2.24) is 4.31 Å². The van der Waals surface area contributed by atoms with Crippen molar-refractivity contribution >= 4 is 10.0 Å². The fourth-order valence-corrected chi connectivity index (χ4v) is 4.86. The van der Waals surface area contributed by atoms with Crippen LogP contribution in [0.3, 0.4) is 0 Å². The number of hydrogen-bond acceptors (Lipinski definition) is 3. The van der Waals surface area contributed by atoms with Crippen molar-refractivity contribution in [3.8, 4) is 0 Å². The highest BCUT2D eigenvalue weighted by Crippen LogP contribution is 2.29. The zero-order valence-corrected chi connectivity index (χ0v) is 13.5. The molecular weight excluding hydrogens is 272 g/mol. The molecule has 0 saturated carbocycles. The Morgan fingerprint density at radius 2 is 1.50 bits per heavy atom. The third-order valence-corrected chi connectivity index (χ3v) is 6.57. The van der Waals surface area contributed by atoms with Crippen molar-refractivity contribution in [3.05, 3.63) is 28.3 Å². The van der Waals surface area contributed by atoms with E-state index in [1.54, 1.807) is 4.31 Å². The minimum atomic E-state index is -3.41. The maximum absolute atomic E-state index is 12.9. The van der Waals surface area contributed by atoms with E-state index in [2.05, 4.69) is 6.07 Å². The van der Waals surface area contributed by atoms with Crippen molar-refractivity contribution in [2.24, 2.45) is 5.73 Å². The monoisotopic (exact) mass is 296 g/mol. The number of benzene rings is 1. The second-order valence-corrected chi connectivity index (χ2v) is 7.71. The molecule has 1 heterocycles. The van der Waals surface area contributed by atoms with Gasteiger partial charge in [0.1, 0.15) is 0 Å². The SMILES string of the molecule is Cc1cc(C)c(C)c(S(=O)(=O)N2CCC(N)CC2)c1C. The fourth-order valence-electron chi connectivity index (χ4n) is 2.81. The van der Waals surface area contributed by atoms with Crippen LogP contribution >= 0.6 is 0 Å². The van der Waals surface area contributed by atoms with Gasteiger partial charge in [-0.25, -0.2) is 8.42 Å². The number of rotatable bonds is 2. The zero-order chi connectivity index (χ0) is 15.1. The summed E-state index contributed by atoms with van der Waals surface area (Å²) < 4.78 is 27.4. The van der Waals surface area contributed by atoms with E-state index in [4.69, 9.17) is 5.73 Å². The lowest BCUT2D eigenvalue weighted by Gasteiger charge is -2.30. The van der Waals surface area contributed by atoms with Crippen LogP contribution in [0.4, 0.5) is 0 Å². The summed E-state index contributed by atoms with van der Waals surface area (Å²) in [5.74, 6) is 0. The largest absolute Gasteiger partial charge is 0.328 e. The van der Waals surface area contributed by atoms with Crippen molar-refractivity contribution < 1.29 is 8.42 Å². The Labute approximate surface area is 122 Å². The van der Waals surface area contributed by atoms with E-state index in [1.807, 2.05) is 27.7 Å². The summed E-state index contributed by atoms with van der Waals surface area (Å²) in [6.07, 6.45) is 1.48. The van der Waals surface area contributed by atoms with E-state index >= 15 is 0 Å². The first-order valence-electron chi connectivity index (χ1n) is 7.08. The van der Waals surface area contributed by atoms with Crippen molar-refractivity contribution in [3.63, 3.8) is 0 Å². The Balaban J connectivity index is 2.50. The van der Waals surface area contributed by atoms with Crippen LogP contribution in [0, 0.1) is 27.7 Å². The van der Waals surface area contributed by atoms with Crippen molar-refractivity contribution in [2.45, 2.75) is 51.5 Å². The first kappa shape index (κ1) is 15.5. The van der Waals surface area contributed by atoms with Gasteiger partial charge in [-0.3, -0.25) is 0 Å². The number of nitrogens with two attached hydrogens (primary N) is 1. The van der Waals surface area contributed by atoms with E-state index < -0.39 is 10.0 Å². The molecule has 20 heavy (non-hydrogen) atoms. The summed E-state index contributed by atoms with van der Waals surface area (Å²) in [7, 11) is -3.41. The molecule has 0 aromatic heterocycles. The lowest BCUT2D eigenvalue weighted by molar-refractivity contribution is 0.319. The van der Waals surface area contributed by atoms with E-state index in [0.717, 1.165) is 35.1 Å². The lowest BCUT2D eigenvalue weighted by atomic mass is 10.0. The first-order valence-corrected chi connectivity index (χ1v) is 8.52. The van der Waals surface area contributed by atoms with Crippen LogP contribution in [0.5, 0.6) is 0 Å². The molecular formula is C15H24N2O2S. The molecule has 1 aliphatic heterocycles. The molecule has 1 saturated heterocycles. The summed E-state index contributed by atoms with van der Waals surface area (Å²) in [5, 5.41) is 0. The Morgan fingerprint density at radius 3 is 1.95 bits per heavy atom. The molecule has 0 amide bonds. The summed E-state index contributed by atoms with van der Waals surface area (Å²) in [6, 6.07) is 2.18. The normalized spacial score (nSPS) is 18.4. The molecule has 2 N–H and O–H groups in total. The minimum absolute atomic E-state index is 0.128. The van der Waals surface area contributed by atoms with E-state index in [1.165, 1.54) is 0 Å². The molecule has 0 radical (unpaired) electrons. The van der Waals surface area contributed by atoms with Crippen LogP contribution in [0.15, 0.2) is 11.0 Å². The average molecular weight is 296 g/mol. The average Bonchev–Trinajstić information content (AvgIpc) is 2.37. The number of hydrogen-bond donors (Lipinski definition) is 1. The molecule has 0 atom stereocenters. The van der Waals surface area contributed by atoms with Gasteiger partial charge in [-0.2, -0.15) is 4.31 Å². The topological polar surface area (TPSA) is 63.4 Å². The number of piperidine rings is 1. The number of sulfonamides is 1. The van der Waals surface area contributed by atoms with Gasteiger partial charge in [0.05, 0.1) is 4.90 Å². The van der Waals surface area contributed by atoms with Gasteiger partial charge in [0.15, 0.2) is 0 Å². The highest BCUT2D eigenvalue weighted by molar-refractivity contribution is 7.89. The van der Waals surface area contributed by atoms with Gasteiger partial charge in [-0.05, 0) is 62.8 Å². The molecule has 1 aromatic carbocycles. The smallest absolute Gasteiger partial charge is 0.243 e. The van der Waals surface area contributed by atoms with Crippen LogP contribution in [0.2, 0.25) is 0 Å². The molecule has 0 spiro atoms. The first-order chi connectivity index (χ1) is 9.25. The highest BCUT2D eigenvalue weighted by atomic mass is 32.2. The Bertz CT molecular complexity index is 589. The summed E-state index contributed by atoms with van der Waals surface area (Å²) in [4.78, 5) is 0.491. The third kappa shape index (κ3) is 2.62. The molecule has 0 aliphatic carbocycles. The lowest BCUT2D eigenvalue weighted by Crippen LogP contribution is -2.43. The molecule has 2 rings (SSSR count). The summed E-state index contributed by atoms with van der Waals surface area (Å²) in [6.45, 7) is 8.76. The van der Waals surface area contributed by atoms with E-state index in [9.17, 15) is 8.42 Å². The molecule has 1 aliphatic rings. The fraction of sp³-hybridized carbons (Fsp3) is 0.600. The Kier molecular flexibility index (Phi) is 4.23. The van der Waals surface area contributed by atoms with Gasteiger partial charge in [0.25, 0.3) is 0 Å². The predicted octanol–water partition coefficient (Wildman–Crippen LogP) is 2.03. The van der Waals surface area contributed by atoms with Crippen LogP contribution < -0.4 is 5.73 Å². The Morgan fingerprint density at radius 1 is 1.05 bits per heavy atom. The second kappa shape index (κ2) is 5.47. The maximum Gasteiger partial charge on any atom is 0.243 e. The standard InChI is InChI=1S/C15H24N2O2S/c1-10-9-11(2)13(4)15(12(10)3)20(18,19)17-7-5-14(16)6-8-17/h9,14H,5-8,16H2,1-4H3. The van der Waals surface area contributed by atoms with Gasteiger partial charge in [0.2, 0.25) is 10.0 Å². The van der Waals surface area contributed by atoms with Gasteiger partial charge < -0.3 is 5.73 Å². The molecule has 0 unspecified atom stereocenters. The summed E-state index contributed by atoms with van der Waals surface area (Å²) >= 11 is 0. The van der Waals surface area contributed by atoms with Crippen molar-refractivity contribution in [1.29, 1.82) is 0 Å². The predicted molar refractivity (Wildman–Crippen MR) is 81.4 cm³/mol. The van der Waals surface area contributed by atoms with Gasteiger partial charge in [-0.15, -0.1) is 0 Å². The molecule has 1 aromatic rings. The number of nitrogens with zero attached hydrogens (tertiary/aromatic N) is 1. The minimum Gasteiger partial charge on any atom is -0.328 e. The van der Waals surface area contributed by atoms with Crippen molar-refractivity contribution in [2.75, 3.05) is 13.1 Å². The quantitative estimate of drug-likeness (QED) is 0.908. The highest BCUT2D eigenvalue weighted by Gasteiger charge is 2.31. The van der Waals surface area contributed by atoms with Gasteiger partial charge >= 0.3 is 0 Å². The van der Waals surface area contributed by atoms with Gasteiger partial charge in [-0.1, -0.05) is 6.07 Å².